The summed E-state index contributed by atoms with van der Waals surface area (Å²) in [6, 6.07) is 21.4. The molecule has 1 N–H and O–H groups in total. The van der Waals surface area contributed by atoms with Gasteiger partial charge in [-0.15, -0.1) is 10.2 Å². The van der Waals surface area contributed by atoms with Crippen LogP contribution in [0.2, 0.25) is 10.0 Å². The van der Waals surface area contributed by atoms with E-state index in [4.69, 9.17) is 23.2 Å². The van der Waals surface area contributed by atoms with E-state index in [9.17, 15) is 4.79 Å². The summed E-state index contributed by atoms with van der Waals surface area (Å²) in [5.74, 6) is 1.31. The third-order valence-corrected chi connectivity index (χ3v) is 7.79. The van der Waals surface area contributed by atoms with Gasteiger partial charge in [-0.3, -0.25) is 9.36 Å². The number of halogens is 2. The Hall–Kier alpha value is -2.80. The van der Waals surface area contributed by atoms with E-state index in [-0.39, 0.29) is 17.6 Å². The summed E-state index contributed by atoms with van der Waals surface area (Å²) in [5, 5.41) is 13.7. The van der Waals surface area contributed by atoms with Crippen molar-refractivity contribution in [1.82, 2.24) is 14.8 Å². The third kappa shape index (κ3) is 6.20. The van der Waals surface area contributed by atoms with E-state index in [1.807, 2.05) is 47.0 Å². The van der Waals surface area contributed by atoms with E-state index in [1.165, 1.54) is 11.8 Å². The summed E-state index contributed by atoms with van der Waals surface area (Å²) in [6.45, 7) is 8.60. The largest absolute Gasteiger partial charge is 0.325 e. The van der Waals surface area contributed by atoms with Gasteiger partial charge in [0.05, 0.1) is 16.5 Å². The first-order valence-electron chi connectivity index (χ1n) is 12.3. The van der Waals surface area contributed by atoms with Gasteiger partial charge in [0.25, 0.3) is 0 Å². The van der Waals surface area contributed by atoms with Crippen molar-refractivity contribution in [2.75, 3.05) is 11.1 Å². The van der Waals surface area contributed by atoms with E-state index in [1.54, 1.807) is 12.1 Å². The summed E-state index contributed by atoms with van der Waals surface area (Å²) >= 11 is 14.1. The zero-order chi connectivity index (χ0) is 26.5. The molecule has 0 aliphatic heterocycles. The lowest BCUT2D eigenvalue weighted by molar-refractivity contribution is -0.113. The summed E-state index contributed by atoms with van der Waals surface area (Å²) in [6.07, 6.45) is 0.996. The average Bonchev–Trinajstić information content (AvgIpc) is 3.30. The van der Waals surface area contributed by atoms with Crippen LogP contribution in [0.1, 0.15) is 57.1 Å². The van der Waals surface area contributed by atoms with Crippen LogP contribution in [-0.4, -0.2) is 26.4 Å². The van der Waals surface area contributed by atoms with Gasteiger partial charge in [-0.2, -0.15) is 0 Å². The van der Waals surface area contributed by atoms with Crippen molar-refractivity contribution in [1.29, 1.82) is 0 Å². The molecule has 1 amide bonds. The highest BCUT2D eigenvalue weighted by Crippen LogP contribution is 2.36. The number of carbonyl (C=O) groups excluding carboxylic acids is 1. The minimum absolute atomic E-state index is 0.0986. The lowest BCUT2D eigenvalue weighted by Crippen LogP contribution is -2.16. The second kappa shape index (κ2) is 12.2. The van der Waals surface area contributed by atoms with Gasteiger partial charge >= 0.3 is 0 Å². The van der Waals surface area contributed by atoms with Crippen LogP contribution in [0, 0.1) is 0 Å². The van der Waals surface area contributed by atoms with E-state index in [0.29, 0.717) is 26.9 Å². The van der Waals surface area contributed by atoms with Crippen LogP contribution < -0.4 is 5.32 Å². The van der Waals surface area contributed by atoms with Crippen LogP contribution in [0.5, 0.6) is 0 Å². The number of para-hydroxylation sites is 2. The summed E-state index contributed by atoms with van der Waals surface area (Å²) < 4.78 is 1.98. The number of thioether (sulfide) groups is 1. The molecule has 3 aromatic carbocycles. The molecule has 0 unspecified atom stereocenters. The second-order valence-corrected chi connectivity index (χ2v) is 11.0. The minimum Gasteiger partial charge on any atom is -0.325 e. The number of hydrogen-bond donors (Lipinski definition) is 1. The van der Waals surface area contributed by atoms with Gasteiger partial charge in [-0.25, -0.2) is 0 Å². The van der Waals surface area contributed by atoms with Gasteiger partial charge < -0.3 is 5.32 Å². The molecule has 1 heterocycles. The van der Waals surface area contributed by atoms with E-state index in [2.05, 4.69) is 55.3 Å². The van der Waals surface area contributed by atoms with Gasteiger partial charge in [-0.05, 0) is 59.7 Å². The SMILES string of the molecule is CC[C@@H](C)c1ccccc1NC(=O)CSc1nnc(-c2ccc(Cl)cc2Cl)n1-c1ccccc1C(C)C. The Kier molecular flexibility index (Phi) is 8.95. The lowest BCUT2D eigenvalue weighted by atomic mass is 9.97. The Morgan fingerprint density at radius 3 is 2.38 bits per heavy atom. The fourth-order valence-electron chi connectivity index (χ4n) is 4.18. The summed E-state index contributed by atoms with van der Waals surface area (Å²) in [5.41, 5.74) is 4.80. The topological polar surface area (TPSA) is 59.8 Å². The smallest absolute Gasteiger partial charge is 0.234 e. The Balaban J connectivity index is 1.68. The molecule has 37 heavy (non-hydrogen) atoms. The number of carbonyl (C=O) groups is 1. The van der Waals surface area contributed by atoms with Gasteiger partial charge in [-0.1, -0.05) is 99.1 Å². The van der Waals surface area contributed by atoms with Crippen molar-refractivity contribution in [3.05, 3.63) is 87.9 Å². The van der Waals surface area contributed by atoms with E-state index >= 15 is 0 Å². The molecule has 192 valence electrons. The van der Waals surface area contributed by atoms with Gasteiger partial charge in [0.2, 0.25) is 5.91 Å². The van der Waals surface area contributed by atoms with Crippen LogP contribution in [-0.2, 0) is 4.79 Å². The first kappa shape index (κ1) is 27.2. The predicted octanol–water partition coefficient (Wildman–Crippen LogP) is 8.61. The molecule has 0 aliphatic carbocycles. The molecule has 0 fully saturated rings. The number of aromatic nitrogens is 3. The number of amides is 1. The minimum atomic E-state index is -0.0986. The zero-order valence-electron chi connectivity index (χ0n) is 21.3. The van der Waals surface area contributed by atoms with Gasteiger partial charge in [0.15, 0.2) is 11.0 Å². The highest BCUT2D eigenvalue weighted by Gasteiger charge is 2.22. The molecule has 0 spiro atoms. The molecule has 0 bridgehead atoms. The van der Waals surface area contributed by atoms with Gasteiger partial charge in [0, 0.05) is 16.3 Å². The Morgan fingerprint density at radius 1 is 0.973 bits per heavy atom. The van der Waals surface area contributed by atoms with Crippen molar-refractivity contribution in [2.24, 2.45) is 0 Å². The number of benzene rings is 3. The molecule has 5 nitrogen and oxygen atoms in total. The summed E-state index contributed by atoms with van der Waals surface area (Å²) in [4.78, 5) is 13.0. The molecular formula is C29H30Cl2N4OS. The van der Waals surface area contributed by atoms with Crippen molar-refractivity contribution >= 4 is 46.6 Å². The number of nitrogens with one attached hydrogen (secondary N) is 1. The molecule has 0 aliphatic rings. The molecule has 1 atom stereocenters. The maximum Gasteiger partial charge on any atom is 0.234 e. The van der Waals surface area contributed by atoms with E-state index < -0.39 is 0 Å². The third-order valence-electron chi connectivity index (χ3n) is 6.32. The zero-order valence-corrected chi connectivity index (χ0v) is 23.7. The fourth-order valence-corrected chi connectivity index (χ4v) is 5.42. The van der Waals surface area contributed by atoms with Crippen molar-refractivity contribution < 1.29 is 4.79 Å². The maximum atomic E-state index is 13.0. The average molecular weight is 554 g/mol. The second-order valence-electron chi connectivity index (χ2n) is 9.21. The maximum absolute atomic E-state index is 13.0. The van der Waals surface area contributed by atoms with Crippen LogP contribution in [0.3, 0.4) is 0 Å². The lowest BCUT2D eigenvalue weighted by Gasteiger charge is -2.17. The van der Waals surface area contributed by atoms with Crippen LogP contribution in [0.25, 0.3) is 17.1 Å². The Labute approximate surface area is 232 Å². The molecular weight excluding hydrogens is 523 g/mol. The van der Waals surface area contributed by atoms with Crippen molar-refractivity contribution in [2.45, 2.75) is 51.1 Å². The number of hydrogen-bond acceptors (Lipinski definition) is 4. The molecule has 4 rings (SSSR count). The monoisotopic (exact) mass is 552 g/mol. The van der Waals surface area contributed by atoms with Crippen LogP contribution in [0.4, 0.5) is 5.69 Å². The van der Waals surface area contributed by atoms with E-state index in [0.717, 1.165) is 34.5 Å². The number of anilines is 1. The first-order valence-corrected chi connectivity index (χ1v) is 14.1. The van der Waals surface area contributed by atoms with Crippen LogP contribution >= 0.6 is 35.0 Å². The highest BCUT2D eigenvalue weighted by atomic mass is 35.5. The molecule has 4 aromatic rings. The van der Waals surface area contributed by atoms with Crippen LogP contribution in [0.15, 0.2) is 71.9 Å². The quantitative estimate of drug-likeness (QED) is 0.211. The first-order chi connectivity index (χ1) is 17.8. The van der Waals surface area contributed by atoms with Gasteiger partial charge in [0.1, 0.15) is 0 Å². The standard InChI is InChI=1S/C29H30Cl2N4OS/c1-5-19(4)22-11-6-8-12-25(22)32-27(36)17-37-29-34-33-28(23-15-14-20(30)16-24(23)31)35(29)26-13-9-7-10-21(26)18(2)3/h6-16,18-19H,5,17H2,1-4H3,(H,32,36)/t19-/m1/s1. The normalized spacial score (nSPS) is 12.1. The Morgan fingerprint density at radius 2 is 1.68 bits per heavy atom. The number of rotatable bonds is 9. The van der Waals surface area contributed by atoms with Crippen molar-refractivity contribution in [3.8, 4) is 17.1 Å². The van der Waals surface area contributed by atoms with Crippen molar-refractivity contribution in [3.63, 3.8) is 0 Å². The summed E-state index contributed by atoms with van der Waals surface area (Å²) in [7, 11) is 0. The molecule has 8 heteroatoms. The fraction of sp³-hybridized carbons (Fsp3) is 0.276. The molecule has 0 saturated carbocycles. The molecule has 0 radical (unpaired) electrons. The predicted molar refractivity (Wildman–Crippen MR) is 155 cm³/mol. The highest BCUT2D eigenvalue weighted by molar-refractivity contribution is 7.99. The number of nitrogens with zero attached hydrogens (tertiary/aromatic N) is 3. The molecule has 1 aromatic heterocycles. The molecule has 0 saturated heterocycles. The Bertz CT molecular complexity index is 1400.